The van der Waals surface area contributed by atoms with Gasteiger partial charge in [0.05, 0.1) is 46.2 Å². The zero-order chi connectivity index (χ0) is 16.3. The molecule has 22 heavy (non-hydrogen) atoms. The van der Waals surface area contributed by atoms with E-state index in [2.05, 4.69) is 6.92 Å². The lowest BCUT2D eigenvalue weighted by atomic mass is 10.3. The summed E-state index contributed by atoms with van der Waals surface area (Å²) >= 11 is 0. The van der Waals surface area contributed by atoms with Crippen molar-refractivity contribution in [1.29, 1.82) is 0 Å². The number of hydrogen-bond acceptors (Lipinski definition) is 6. The molecular weight excluding hydrogens is 288 g/mol. The lowest BCUT2D eigenvalue weighted by Crippen LogP contribution is -2.14. The van der Waals surface area contributed by atoms with Crippen molar-refractivity contribution in [3.05, 3.63) is 0 Å². The number of ether oxygens (including phenoxy) is 5. The second-order valence-electron chi connectivity index (χ2n) is 4.77. The predicted molar refractivity (Wildman–Crippen MR) is 84.1 cm³/mol. The summed E-state index contributed by atoms with van der Waals surface area (Å²) < 4.78 is 26.3. The molecule has 0 aromatic carbocycles. The highest BCUT2D eigenvalue weighted by Gasteiger charge is 1.99. The van der Waals surface area contributed by atoms with Gasteiger partial charge in [-0.15, -0.1) is 0 Å². The molecule has 0 saturated carbocycles. The van der Waals surface area contributed by atoms with Crippen LogP contribution in [0, 0.1) is 0 Å². The van der Waals surface area contributed by atoms with Crippen LogP contribution in [0.3, 0.4) is 0 Å². The van der Waals surface area contributed by atoms with Gasteiger partial charge >= 0.3 is 5.97 Å². The van der Waals surface area contributed by atoms with Crippen molar-refractivity contribution in [2.45, 2.75) is 39.5 Å². The summed E-state index contributed by atoms with van der Waals surface area (Å²) in [6.07, 6.45) is 3.52. The third-order valence-electron chi connectivity index (χ3n) is 2.70. The van der Waals surface area contributed by atoms with Crippen molar-refractivity contribution in [3.8, 4) is 0 Å². The lowest BCUT2D eigenvalue weighted by Gasteiger charge is -2.07. The second-order valence-corrected chi connectivity index (χ2v) is 4.77. The fourth-order valence-corrected chi connectivity index (χ4v) is 1.50. The first-order chi connectivity index (χ1) is 10.8. The summed E-state index contributed by atoms with van der Waals surface area (Å²) in [5, 5.41) is 0. The molecule has 0 rings (SSSR count). The molecule has 0 fully saturated rings. The highest BCUT2D eigenvalue weighted by atomic mass is 16.6. The minimum atomic E-state index is -0.168. The van der Waals surface area contributed by atoms with Crippen molar-refractivity contribution >= 4 is 5.97 Å². The Balaban J connectivity index is 3.01. The molecule has 0 aliphatic rings. The van der Waals surface area contributed by atoms with Crippen molar-refractivity contribution in [2.75, 3.05) is 59.5 Å². The van der Waals surface area contributed by atoms with Gasteiger partial charge in [-0.2, -0.15) is 0 Å². The molecule has 0 bridgehead atoms. The quantitative estimate of drug-likeness (QED) is 0.302. The van der Waals surface area contributed by atoms with Gasteiger partial charge in [0, 0.05) is 13.0 Å². The summed E-state index contributed by atoms with van der Waals surface area (Å²) in [7, 11) is 0. The van der Waals surface area contributed by atoms with Crippen LogP contribution in [0.2, 0.25) is 0 Å². The van der Waals surface area contributed by atoms with E-state index in [1.807, 2.05) is 6.92 Å². The summed E-state index contributed by atoms with van der Waals surface area (Å²) in [4.78, 5) is 11.1. The molecule has 0 spiro atoms. The van der Waals surface area contributed by atoms with Gasteiger partial charge in [-0.05, 0) is 12.8 Å². The van der Waals surface area contributed by atoms with E-state index >= 15 is 0 Å². The Hall–Kier alpha value is -0.690. The molecule has 0 aromatic heterocycles. The van der Waals surface area contributed by atoms with Crippen LogP contribution in [0.1, 0.15) is 39.5 Å². The number of carbonyl (C=O) groups is 1. The van der Waals surface area contributed by atoms with Gasteiger partial charge < -0.3 is 23.7 Å². The van der Waals surface area contributed by atoms with E-state index in [1.165, 1.54) is 0 Å². The zero-order valence-corrected chi connectivity index (χ0v) is 14.1. The lowest BCUT2D eigenvalue weighted by molar-refractivity contribution is -0.145. The molecule has 0 amide bonds. The Morgan fingerprint density at radius 2 is 1.09 bits per heavy atom. The van der Waals surface area contributed by atoms with Crippen LogP contribution in [-0.2, 0) is 28.5 Å². The molecule has 0 aromatic rings. The monoisotopic (exact) mass is 320 g/mol. The van der Waals surface area contributed by atoms with Crippen LogP contribution < -0.4 is 0 Å². The zero-order valence-electron chi connectivity index (χ0n) is 14.1. The average molecular weight is 320 g/mol. The molecule has 0 heterocycles. The summed E-state index contributed by atoms with van der Waals surface area (Å²) in [6, 6.07) is 0. The van der Waals surface area contributed by atoms with E-state index < -0.39 is 0 Å². The summed E-state index contributed by atoms with van der Waals surface area (Å²) in [5.41, 5.74) is 0. The van der Waals surface area contributed by atoms with Gasteiger partial charge in [0.1, 0.15) is 6.61 Å². The number of carbonyl (C=O) groups excluding carboxylic acids is 1. The van der Waals surface area contributed by atoms with Crippen LogP contribution in [0.4, 0.5) is 0 Å². The Morgan fingerprint density at radius 3 is 1.55 bits per heavy atom. The van der Waals surface area contributed by atoms with E-state index in [0.717, 1.165) is 25.9 Å². The number of rotatable bonds is 17. The molecule has 0 aliphatic carbocycles. The van der Waals surface area contributed by atoms with Gasteiger partial charge in [-0.1, -0.05) is 20.3 Å². The highest BCUT2D eigenvalue weighted by molar-refractivity contribution is 5.69. The van der Waals surface area contributed by atoms with Gasteiger partial charge in [-0.3, -0.25) is 4.79 Å². The third-order valence-corrected chi connectivity index (χ3v) is 2.70. The first-order valence-electron chi connectivity index (χ1n) is 8.27. The Bertz CT molecular complexity index is 235. The van der Waals surface area contributed by atoms with Crippen LogP contribution >= 0.6 is 0 Å². The second kappa shape index (κ2) is 18.4. The Kier molecular flexibility index (Phi) is 17.8. The fourth-order valence-electron chi connectivity index (χ4n) is 1.50. The SMILES string of the molecule is CCCCOCCOCCOCCOCCOC(=O)CCC. The number of hydrogen-bond donors (Lipinski definition) is 0. The molecule has 0 atom stereocenters. The normalized spacial score (nSPS) is 10.8. The first-order valence-corrected chi connectivity index (χ1v) is 8.27. The van der Waals surface area contributed by atoms with Crippen molar-refractivity contribution in [1.82, 2.24) is 0 Å². The van der Waals surface area contributed by atoms with E-state index in [-0.39, 0.29) is 5.97 Å². The first kappa shape index (κ1) is 21.3. The van der Waals surface area contributed by atoms with Crippen molar-refractivity contribution in [3.63, 3.8) is 0 Å². The predicted octanol–water partition coefficient (Wildman–Crippen LogP) is 2.20. The summed E-state index contributed by atoms with van der Waals surface area (Å²) in [6.45, 7) is 8.96. The third kappa shape index (κ3) is 17.4. The van der Waals surface area contributed by atoms with E-state index in [0.29, 0.717) is 59.3 Å². The fraction of sp³-hybridized carbons (Fsp3) is 0.938. The van der Waals surface area contributed by atoms with Gasteiger partial charge in [0.2, 0.25) is 0 Å². The largest absolute Gasteiger partial charge is 0.463 e. The standard InChI is InChI=1S/C16H32O6/c1-3-5-7-18-8-9-19-10-11-20-12-13-21-14-15-22-16(17)6-4-2/h3-15H2,1-2H3. The maximum atomic E-state index is 11.1. The molecule has 0 aliphatic heterocycles. The molecular formula is C16H32O6. The molecule has 6 nitrogen and oxygen atoms in total. The van der Waals surface area contributed by atoms with Crippen LogP contribution in [-0.4, -0.2) is 65.4 Å². The van der Waals surface area contributed by atoms with E-state index in [1.54, 1.807) is 0 Å². The van der Waals surface area contributed by atoms with Gasteiger partial charge in [0.25, 0.3) is 0 Å². The number of esters is 1. The smallest absolute Gasteiger partial charge is 0.305 e. The van der Waals surface area contributed by atoms with E-state index in [9.17, 15) is 4.79 Å². The van der Waals surface area contributed by atoms with Crippen LogP contribution in [0.25, 0.3) is 0 Å². The Morgan fingerprint density at radius 1 is 0.636 bits per heavy atom. The van der Waals surface area contributed by atoms with Crippen LogP contribution in [0.5, 0.6) is 0 Å². The maximum absolute atomic E-state index is 11.1. The number of unbranched alkanes of at least 4 members (excludes halogenated alkanes) is 1. The maximum Gasteiger partial charge on any atom is 0.305 e. The molecule has 6 heteroatoms. The molecule has 132 valence electrons. The topological polar surface area (TPSA) is 63.2 Å². The minimum Gasteiger partial charge on any atom is -0.463 e. The van der Waals surface area contributed by atoms with Crippen molar-refractivity contribution in [2.24, 2.45) is 0 Å². The average Bonchev–Trinajstić information content (AvgIpc) is 2.51. The summed E-state index contributed by atoms with van der Waals surface area (Å²) in [5.74, 6) is -0.168. The molecule has 0 unspecified atom stereocenters. The highest BCUT2D eigenvalue weighted by Crippen LogP contribution is 1.91. The molecule has 0 saturated heterocycles. The molecule has 0 N–H and O–H groups in total. The van der Waals surface area contributed by atoms with E-state index in [4.69, 9.17) is 23.7 Å². The van der Waals surface area contributed by atoms with Crippen molar-refractivity contribution < 1.29 is 28.5 Å². The van der Waals surface area contributed by atoms with Crippen LogP contribution in [0.15, 0.2) is 0 Å². The van der Waals surface area contributed by atoms with Gasteiger partial charge in [0.15, 0.2) is 0 Å². The minimum absolute atomic E-state index is 0.168. The molecule has 0 radical (unpaired) electrons. The van der Waals surface area contributed by atoms with Gasteiger partial charge in [-0.25, -0.2) is 0 Å². The Labute approximate surface area is 134 Å².